The van der Waals surface area contributed by atoms with Crippen LogP contribution in [-0.2, 0) is 11.2 Å². The molecule has 23 heavy (non-hydrogen) atoms. The molecule has 1 amide bonds. The molecule has 0 bridgehead atoms. The van der Waals surface area contributed by atoms with Crippen LogP contribution in [0.5, 0.6) is 0 Å². The second-order valence-electron chi connectivity index (χ2n) is 5.65. The van der Waals surface area contributed by atoms with Crippen molar-refractivity contribution in [2.24, 2.45) is 0 Å². The molecule has 0 spiro atoms. The van der Waals surface area contributed by atoms with Gasteiger partial charge in [0.2, 0.25) is 5.91 Å². The van der Waals surface area contributed by atoms with Gasteiger partial charge in [-0.15, -0.1) is 0 Å². The maximum absolute atomic E-state index is 12.4. The Morgan fingerprint density at radius 2 is 1.78 bits per heavy atom. The van der Waals surface area contributed by atoms with E-state index in [-0.39, 0.29) is 5.91 Å². The number of carbonyl (C=O) groups is 1. The van der Waals surface area contributed by atoms with E-state index >= 15 is 0 Å². The van der Waals surface area contributed by atoms with E-state index in [9.17, 15) is 4.79 Å². The van der Waals surface area contributed by atoms with Gasteiger partial charge in [0, 0.05) is 43.8 Å². The summed E-state index contributed by atoms with van der Waals surface area (Å²) in [6, 6.07) is 13.6. The van der Waals surface area contributed by atoms with Crippen molar-refractivity contribution in [2.75, 3.05) is 31.1 Å². The minimum absolute atomic E-state index is 0.200. The van der Waals surface area contributed by atoms with Gasteiger partial charge in [-0.2, -0.15) is 0 Å². The van der Waals surface area contributed by atoms with Gasteiger partial charge >= 0.3 is 0 Å². The number of halogens is 1. The summed E-state index contributed by atoms with van der Waals surface area (Å²) in [6.07, 6.45) is 3.00. The summed E-state index contributed by atoms with van der Waals surface area (Å²) in [4.78, 5) is 20.9. The molecule has 0 aliphatic carbocycles. The standard InChI is InChI=1S/C18H20ClN3O/c19-16-6-2-1-5-15(16)8-9-18(23)22-13-11-21(12-14-22)17-7-3-4-10-20-17/h1-7,10H,8-9,11-14H2. The highest BCUT2D eigenvalue weighted by atomic mass is 35.5. The maximum atomic E-state index is 12.4. The highest BCUT2D eigenvalue weighted by Gasteiger charge is 2.21. The van der Waals surface area contributed by atoms with E-state index in [4.69, 9.17) is 11.6 Å². The lowest BCUT2D eigenvalue weighted by molar-refractivity contribution is -0.131. The molecule has 1 aliphatic rings. The Hall–Kier alpha value is -2.07. The lowest BCUT2D eigenvalue weighted by Gasteiger charge is -2.35. The number of aryl methyl sites for hydroxylation is 1. The number of amides is 1. The largest absolute Gasteiger partial charge is 0.353 e. The summed E-state index contributed by atoms with van der Waals surface area (Å²) in [6.45, 7) is 3.15. The lowest BCUT2D eigenvalue weighted by atomic mass is 10.1. The molecule has 2 aromatic rings. The third-order valence-electron chi connectivity index (χ3n) is 4.17. The van der Waals surface area contributed by atoms with Crippen molar-refractivity contribution in [2.45, 2.75) is 12.8 Å². The van der Waals surface area contributed by atoms with Gasteiger partial charge in [0.05, 0.1) is 0 Å². The van der Waals surface area contributed by atoms with Crippen LogP contribution in [0.4, 0.5) is 5.82 Å². The van der Waals surface area contributed by atoms with Crippen molar-refractivity contribution in [1.29, 1.82) is 0 Å². The van der Waals surface area contributed by atoms with Gasteiger partial charge < -0.3 is 9.80 Å². The van der Waals surface area contributed by atoms with E-state index in [0.717, 1.165) is 42.6 Å². The Labute approximate surface area is 141 Å². The number of rotatable bonds is 4. The van der Waals surface area contributed by atoms with Crippen molar-refractivity contribution >= 4 is 23.3 Å². The molecule has 1 fully saturated rings. The number of carbonyl (C=O) groups excluding carboxylic acids is 1. The predicted octanol–water partition coefficient (Wildman–Crippen LogP) is 3.02. The van der Waals surface area contributed by atoms with E-state index in [2.05, 4.69) is 9.88 Å². The van der Waals surface area contributed by atoms with Crippen molar-refractivity contribution in [1.82, 2.24) is 9.88 Å². The molecule has 1 aliphatic heterocycles. The van der Waals surface area contributed by atoms with Crippen LogP contribution in [0, 0.1) is 0 Å². The zero-order valence-electron chi connectivity index (χ0n) is 13.0. The van der Waals surface area contributed by atoms with Crippen molar-refractivity contribution in [3.63, 3.8) is 0 Å². The molecular formula is C18H20ClN3O. The van der Waals surface area contributed by atoms with Crippen LogP contribution in [0.3, 0.4) is 0 Å². The molecule has 0 radical (unpaired) electrons. The average molecular weight is 330 g/mol. The quantitative estimate of drug-likeness (QED) is 0.865. The van der Waals surface area contributed by atoms with Crippen LogP contribution in [0.2, 0.25) is 5.02 Å². The minimum Gasteiger partial charge on any atom is -0.353 e. The first-order chi connectivity index (χ1) is 11.2. The normalized spacial score (nSPS) is 14.8. The molecule has 0 saturated carbocycles. The van der Waals surface area contributed by atoms with Gasteiger partial charge in [0.15, 0.2) is 0 Å². The molecule has 120 valence electrons. The Morgan fingerprint density at radius 3 is 2.48 bits per heavy atom. The first-order valence-corrected chi connectivity index (χ1v) is 8.29. The summed E-state index contributed by atoms with van der Waals surface area (Å²) in [5.74, 6) is 1.18. The molecule has 1 aromatic heterocycles. The summed E-state index contributed by atoms with van der Waals surface area (Å²) >= 11 is 6.14. The number of pyridine rings is 1. The van der Waals surface area contributed by atoms with E-state index in [1.165, 1.54) is 0 Å². The number of piperazine rings is 1. The van der Waals surface area contributed by atoms with Crippen LogP contribution < -0.4 is 4.90 Å². The highest BCUT2D eigenvalue weighted by molar-refractivity contribution is 6.31. The zero-order chi connectivity index (χ0) is 16.1. The van der Waals surface area contributed by atoms with Crippen molar-refractivity contribution in [3.8, 4) is 0 Å². The second kappa shape index (κ2) is 7.47. The predicted molar refractivity (Wildman–Crippen MR) is 92.8 cm³/mol. The summed E-state index contributed by atoms with van der Waals surface area (Å²) in [5.41, 5.74) is 1.04. The van der Waals surface area contributed by atoms with Crippen LogP contribution in [-0.4, -0.2) is 42.0 Å². The molecule has 0 atom stereocenters. The van der Waals surface area contributed by atoms with Crippen LogP contribution in [0.25, 0.3) is 0 Å². The number of anilines is 1. The number of hydrogen-bond acceptors (Lipinski definition) is 3. The fourth-order valence-electron chi connectivity index (χ4n) is 2.83. The fourth-order valence-corrected chi connectivity index (χ4v) is 3.06. The van der Waals surface area contributed by atoms with Gasteiger partial charge in [-0.25, -0.2) is 4.98 Å². The molecule has 2 heterocycles. The van der Waals surface area contributed by atoms with Gasteiger partial charge in [0.25, 0.3) is 0 Å². The zero-order valence-corrected chi connectivity index (χ0v) is 13.7. The topological polar surface area (TPSA) is 36.4 Å². The average Bonchev–Trinajstić information content (AvgIpc) is 2.62. The second-order valence-corrected chi connectivity index (χ2v) is 6.05. The summed E-state index contributed by atoms with van der Waals surface area (Å²) < 4.78 is 0. The van der Waals surface area contributed by atoms with E-state index < -0.39 is 0 Å². The summed E-state index contributed by atoms with van der Waals surface area (Å²) in [5, 5.41) is 0.736. The maximum Gasteiger partial charge on any atom is 0.223 e. The van der Waals surface area contributed by atoms with Gasteiger partial charge in [0.1, 0.15) is 5.82 Å². The van der Waals surface area contributed by atoms with Gasteiger partial charge in [-0.3, -0.25) is 4.79 Å². The van der Waals surface area contributed by atoms with E-state index in [1.54, 1.807) is 6.20 Å². The van der Waals surface area contributed by atoms with Crippen LogP contribution >= 0.6 is 11.6 Å². The minimum atomic E-state index is 0.200. The SMILES string of the molecule is O=C(CCc1ccccc1Cl)N1CCN(c2ccccn2)CC1. The first-order valence-electron chi connectivity index (χ1n) is 7.91. The Morgan fingerprint density at radius 1 is 1.04 bits per heavy atom. The number of aromatic nitrogens is 1. The molecule has 0 unspecified atom stereocenters. The highest BCUT2D eigenvalue weighted by Crippen LogP contribution is 2.18. The molecule has 0 N–H and O–H groups in total. The third kappa shape index (κ3) is 4.02. The molecule has 4 nitrogen and oxygen atoms in total. The van der Waals surface area contributed by atoms with Crippen molar-refractivity contribution in [3.05, 3.63) is 59.2 Å². The molecule has 1 aromatic carbocycles. The number of hydrogen-bond donors (Lipinski definition) is 0. The number of nitrogens with zero attached hydrogens (tertiary/aromatic N) is 3. The van der Waals surface area contributed by atoms with Crippen molar-refractivity contribution < 1.29 is 4.79 Å². The first kappa shape index (κ1) is 15.8. The van der Waals surface area contributed by atoms with Crippen LogP contribution in [0.15, 0.2) is 48.7 Å². The fraction of sp³-hybridized carbons (Fsp3) is 0.333. The molecular weight excluding hydrogens is 310 g/mol. The molecule has 5 heteroatoms. The Kier molecular flexibility index (Phi) is 5.13. The van der Waals surface area contributed by atoms with E-state index in [1.807, 2.05) is 47.4 Å². The molecule has 3 rings (SSSR count). The number of benzene rings is 1. The van der Waals surface area contributed by atoms with Gasteiger partial charge in [-0.1, -0.05) is 35.9 Å². The lowest BCUT2D eigenvalue weighted by Crippen LogP contribution is -2.49. The van der Waals surface area contributed by atoms with Gasteiger partial charge in [-0.05, 0) is 30.2 Å². The Bertz CT molecular complexity index is 654. The molecule has 1 saturated heterocycles. The summed E-state index contributed by atoms with van der Waals surface area (Å²) in [7, 11) is 0. The third-order valence-corrected chi connectivity index (χ3v) is 4.54. The van der Waals surface area contributed by atoms with Crippen LogP contribution in [0.1, 0.15) is 12.0 Å². The Balaban J connectivity index is 1.50. The smallest absolute Gasteiger partial charge is 0.223 e. The van der Waals surface area contributed by atoms with E-state index in [0.29, 0.717) is 12.8 Å². The monoisotopic (exact) mass is 329 g/mol.